The highest BCUT2D eigenvalue weighted by atomic mass is 16.7. The number of aliphatic hydroxyl groups excluding tert-OH is 5. The molecule has 1 rings (SSSR count). The van der Waals surface area contributed by atoms with E-state index in [9.17, 15) is 20.4 Å². The van der Waals surface area contributed by atoms with Crippen LogP contribution in [-0.4, -0.2) is 88.6 Å². The predicted molar refractivity (Wildman–Crippen MR) is 78.1 cm³/mol. The first-order chi connectivity index (χ1) is 10.5. The van der Waals surface area contributed by atoms with Crippen LogP contribution in [0, 0.1) is 0 Å². The normalized spacial score (nSPS) is 33.8. The Morgan fingerprint density at radius 3 is 2.55 bits per heavy atom. The molecule has 8 nitrogen and oxygen atoms in total. The molecule has 132 valence electrons. The van der Waals surface area contributed by atoms with E-state index in [2.05, 4.69) is 12.2 Å². The fraction of sp³-hybridized carbons (Fsp3) is 1.00. The van der Waals surface area contributed by atoms with Gasteiger partial charge < -0.3 is 40.3 Å². The number of aliphatic hydroxyl groups is 5. The van der Waals surface area contributed by atoms with Crippen LogP contribution in [0.15, 0.2) is 0 Å². The second-order valence-electron chi connectivity index (χ2n) is 5.59. The Bertz CT molecular complexity index is 294. The first kappa shape index (κ1) is 19.7. The molecule has 0 amide bonds. The van der Waals surface area contributed by atoms with E-state index in [1.54, 1.807) is 0 Å². The molecule has 6 atom stereocenters. The summed E-state index contributed by atoms with van der Waals surface area (Å²) in [5.74, 6) is 0. The number of hydrogen-bond acceptors (Lipinski definition) is 8. The molecule has 8 heteroatoms. The topological polar surface area (TPSA) is 132 Å². The molecule has 22 heavy (non-hydrogen) atoms. The maximum Gasteiger partial charge on any atom is 0.184 e. The molecule has 0 radical (unpaired) electrons. The first-order valence-electron chi connectivity index (χ1n) is 7.82. The molecular weight excluding hydrogens is 294 g/mol. The fourth-order valence-corrected chi connectivity index (χ4v) is 2.30. The molecule has 1 saturated heterocycles. The van der Waals surface area contributed by atoms with Gasteiger partial charge in [0, 0.05) is 6.54 Å². The molecule has 1 heterocycles. The summed E-state index contributed by atoms with van der Waals surface area (Å²) in [6.07, 6.45) is -3.97. The van der Waals surface area contributed by atoms with Crippen molar-refractivity contribution in [1.29, 1.82) is 0 Å². The standard InChI is InChI=1S/C14H29NO7/c1-2-3-4-5-15-6-9(17)8-21-13-12(19)11(18)10(7-16)22-14(13)20/h9-20H,2-8H2,1H3/t9?,10-,11+,12+,13-,14-/m1/s1. The van der Waals surface area contributed by atoms with Gasteiger partial charge in [0.2, 0.25) is 0 Å². The third kappa shape index (κ3) is 6.05. The van der Waals surface area contributed by atoms with Crippen LogP contribution in [0.1, 0.15) is 26.2 Å². The zero-order valence-electron chi connectivity index (χ0n) is 13.0. The lowest BCUT2D eigenvalue weighted by atomic mass is 9.99. The van der Waals surface area contributed by atoms with Crippen molar-refractivity contribution in [3.8, 4) is 0 Å². The molecule has 0 aromatic carbocycles. The van der Waals surface area contributed by atoms with Gasteiger partial charge in [0.25, 0.3) is 0 Å². The van der Waals surface area contributed by atoms with Crippen molar-refractivity contribution >= 4 is 0 Å². The highest BCUT2D eigenvalue weighted by molar-refractivity contribution is 4.89. The summed E-state index contributed by atoms with van der Waals surface area (Å²) < 4.78 is 10.2. The zero-order chi connectivity index (χ0) is 16.5. The Hall–Kier alpha value is -0.320. The lowest BCUT2D eigenvalue weighted by Crippen LogP contribution is -2.59. The molecule has 0 saturated carbocycles. The lowest BCUT2D eigenvalue weighted by Gasteiger charge is -2.40. The minimum Gasteiger partial charge on any atom is -0.394 e. The highest BCUT2D eigenvalue weighted by Crippen LogP contribution is 2.22. The number of hydrogen-bond donors (Lipinski definition) is 6. The van der Waals surface area contributed by atoms with Crippen molar-refractivity contribution in [1.82, 2.24) is 5.32 Å². The fourth-order valence-electron chi connectivity index (χ4n) is 2.30. The maximum atomic E-state index is 9.87. The van der Waals surface area contributed by atoms with Crippen LogP contribution in [0.3, 0.4) is 0 Å². The summed E-state index contributed by atoms with van der Waals surface area (Å²) in [4.78, 5) is 0. The molecular formula is C14H29NO7. The van der Waals surface area contributed by atoms with Gasteiger partial charge in [0.15, 0.2) is 6.29 Å². The van der Waals surface area contributed by atoms with E-state index in [1.165, 1.54) is 0 Å². The number of unbranched alkanes of at least 4 members (excludes halogenated alkanes) is 2. The Labute approximate surface area is 130 Å². The van der Waals surface area contributed by atoms with Crippen LogP contribution < -0.4 is 5.32 Å². The van der Waals surface area contributed by atoms with Gasteiger partial charge in [-0.1, -0.05) is 19.8 Å². The van der Waals surface area contributed by atoms with Crippen LogP contribution in [0.25, 0.3) is 0 Å². The van der Waals surface area contributed by atoms with Gasteiger partial charge in [0.1, 0.15) is 24.4 Å². The SMILES string of the molecule is CCCCCNCC(O)CO[C@@H]1[C@@H](O)[C@@H](O)[C@@H](CO)O[C@H]1O. The summed E-state index contributed by atoms with van der Waals surface area (Å²) in [5.41, 5.74) is 0. The third-order valence-corrected chi connectivity index (χ3v) is 3.66. The minimum atomic E-state index is -1.47. The van der Waals surface area contributed by atoms with Crippen LogP contribution >= 0.6 is 0 Å². The number of nitrogens with one attached hydrogen (secondary N) is 1. The molecule has 1 fully saturated rings. The van der Waals surface area contributed by atoms with Crippen molar-refractivity contribution in [3.05, 3.63) is 0 Å². The molecule has 1 aliphatic heterocycles. The predicted octanol–water partition coefficient (Wildman–Crippen LogP) is -2.06. The van der Waals surface area contributed by atoms with Gasteiger partial charge in [-0.15, -0.1) is 0 Å². The van der Waals surface area contributed by atoms with Gasteiger partial charge in [-0.25, -0.2) is 0 Å². The molecule has 6 N–H and O–H groups in total. The lowest BCUT2D eigenvalue weighted by molar-refractivity contribution is -0.298. The van der Waals surface area contributed by atoms with E-state index in [0.717, 1.165) is 25.8 Å². The van der Waals surface area contributed by atoms with Gasteiger partial charge in [0.05, 0.1) is 19.3 Å². The smallest absolute Gasteiger partial charge is 0.184 e. The minimum absolute atomic E-state index is 0.112. The van der Waals surface area contributed by atoms with E-state index in [0.29, 0.717) is 6.54 Å². The zero-order valence-corrected chi connectivity index (χ0v) is 13.0. The second-order valence-corrected chi connectivity index (χ2v) is 5.59. The first-order valence-corrected chi connectivity index (χ1v) is 7.82. The van der Waals surface area contributed by atoms with Gasteiger partial charge in [-0.3, -0.25) is 0 Å². The Balaban J connectivity index is 2.27. The molecule has 1 unspecified atom stereocenters. The molecule has 0 spiro atoms. The van der Waals surface area contributed by atoms with Crippen LogP contribution in [0.4, 0.5) is 0 Å². The van der Waals surface area contributed by atoms with E-state index in [-0.39, 0.29) is 6.61 Å². The van der Waals surface area contributed by atoms with Crippen molar-refractivity contribution in [3.63, 3.8) is 0 Å². The summed E-state index contributed by atoms with van der Waals surface area (Å²) >= 11 is 0. The Morgan fingerprint density at radius 1 is 1.18 bits per heavy atom. The van der Waals surface area contributed by atoms with Gasteiger partial charge >= 0.3 is 0 Å². The maximum absolute atomic E-state index is 9.87. The van der Waals surface area contributed by atoms with Crippen molar-refractivity contribution < 1.29 is 35.0 Å². The van der Waals surface area contributed by atoms with Crippen molar-refractivity contribution in [2.75, 3.05) is 26.3 Å². The summed E-state index contributed by atoms with van der Waals surface area (Å²) in [6.45, 7) is 2.62. The van der Waals surface area contributed by atoms with Crippen LogP contribution in [0.2, 0.25) is 0 Å². The summed E-state index contributed by atoms with van der Waals surface area (Å²) in [5, 5.41) is 51.1. The van der Waals surface area contributed by atoms with E-state index < -0.39 is 43.4 Å². The largest absolute Gasteiger partial charge is 0.394 e. The number of ether oxygens (including phenoxy) is 2. The van der Waals surface area contributed by atoms with E-state index in [1.807, 2.05) is 0 Å². The van der Waals surface area contributed by atoms with Crippen molar-refractivity contribution in [2.45, 2.75) is 63.0 Å². The molecule has 1 aliphatic rings. The molecule has 0 aromatic heterocycles. The average Bonchev–Trinajstić information content (AvgIpc) is 2.50. The molecule has 0 aromatic rings. The van der Waals surface area contributed by atoms with Crippen LogP contribution in [-0.2, 0) is 9.47 Å². The van der Waals surface area contributed by atoms with Gasteiger partial charge in [-0.2, -0.15) is 0 Å². The van der Waals surface area contributed by atoms with E-state index in [4.69, 9.17) is 14.6 Å². The monoisotopic (exact) mass is 323 g/mol. The summed E-state index contributed by atoms with van der Waals surface area (Å²) in [7, 11) is 0. The van der Waals surface area contributed by atoms with Crippen LogP contribution in [0.5, 0.6) is 0 Å². The van der Waals surface area contributed by atoms with Gasteiger partial charge in [-0.05, 0) is 13.0 Å². The summed E-state index contributed by atoms with van der Waals surface area (Å²) in [6, 6.07) is 0. The van der Waals surface area contributed by atoms with E-state index >= 15 is 0 Å². The third-order valence-electron chi connectivity index (χ3n) is 3.66. The second kappa shape index (κ2) is 10.5. The highest BCUT2D eigenvalue weighted by Gasteiger charge is 2.44. The number of rotatable bonds is 10. The average molecular weight is 323 g/mol. The quantitative estimate of drug-likeness (QED) is 0.253. The molecule has 0 aliphatic carbocycles. The Morgan fingerprint density at radius 2 is 1.91 bits per heavy atom. The molecule has 0 bridgehead atoms. The van der Waals surface area contributed by atoms with Crippen molar-refractivity contribution in [2.24, 2.45) is 0 Å². The Kier molecular flexibility index (Phi) is 9.37.